The van der Waals surface area contributed by atoms with Gasteiger partial charge < -0.3 is 20.5 Å². The highest BCUT2D eigenvalue weighted by atomic mass is 16.5. The third kappa shape index (κ3) is 3.22. The molecule has 1 saturated carbocycles. The van der Waals surface area contributed by atoms with E-state index in [1.165, 1.54) is 0 Å². The first kappa shape index (κ1) is 13.8. The predicted molar refractivity (Wildman–Crippen MR) is 68.0 cm³/mol. The van der Waals surface area contributed by atoms with Crippen LogP contribution >= 0.6 is 0 Å². The highest BCUT2D eigenvalue weighted by Crippen LogP contribution is 2.32. The molecule has 2 fully saturated rings. The summed E-state index contributed by atoms with van der Waals surface area (Å²) in [6.45, 7) is 1.52. The highest BCUT2D eigenvalue weighted by molar-refractivity contribution is 5.77. The van der Waals surface area contributed by atoms with Crippen LogP contribution in [0.1, 0.15) is 38.5 Å². The number of carbonyl (C=O) groups excluding carboxylic acids is 1. The maximum atomic E-state index is 12.1. The third-order valence-electron chi connectivity index (χ3n) is 4.23. The molecule has 3 N–H and O–H groups in total. The fourth-order valence-electron chi connectivity index (χ4n) is 2.68. The lowest BCUT2D eigenvalue weighted by Gasteiger charge is -2.40. The molecular formula is C13H24N2O3. The molecule has 1 aliphatic carbocycles. The van der Waals surface area contributed by atoms with Gasteiger partial charge in [-0.25, -0.2) is 0 Å². The van der Waals surface area contributed by atoms with E-state index in [4.69, 9.17) is 10.5 Å². The quantitative estimate of drug-likeness (QED) is 0.756. The Labute approximate surface area is 108 Å². The van der Waals surface area contributed by atoms with Crippen molar-refractivity contribution in [2.45, 2.75) is 49.7 Å². The summed E-state index contributed by atoms with van der Waals surface area (Å²) in [6, 6.07) is 0. The van der Waals surface area contributed by atoms with Crippen molar-refractivity contribution in [1.82, 2.24) is 4.90 Å². The van der Waals surface area contributed by atoms with Gasteiger partial charge in [0.1, 0.15) is 0 Å². The molecule has 1 heterocycles. The number of rotatable bonds is 4. The number of hydrogen-bond donors (Lipinski definition) is 2. The molecule has 1 aliphatic heterocycles. The Balaban J connectivity index is 1.82. The molecule has 0 spiro atoms. The average Bonchev–Trinajstić information content (AvgIpc) is 2.27. The van der Waals surface area contributed by atoms with Gasteiger partial charge >= 0.3 is 0 Å². The third-order valence-corrected chi connectivity index (χ3v) is 4.23. The number of hydrogen-bond acceptors (Lipinski definition) is 4. The molecule has 18 heavy (non-hydrogen) atoms. The number of nitrogens with zero attached hydrogens (tertiary/aromatic N) is 1. The van der Waals surface area contributed by atoms with E-state index in [1.807, 2.05) is 0 Å². The van der Waals surface area contributed by atoms with E-state index in [1.54, 1.807) is 11.9 Å². The Morgan fingerprint density at radius 2 is 1.94 bits per heavy atom. The van der Waals surface area contributed by atoms with Crippen LogP contribution in [0, 0.1) is 0 Å². The molecule has 2 aliphatic rings. The molecule has 5 heteroatoms. The van der Waals surface area contributed by atoms with Crippen molar-refractivity contribution in [3.63, 3.8) is 0 Å². The predicted octanol–water partition coefficient (Wildman–Crippen LogP) is 0.258. The average molecular weight is 256 g/mol. The molecule has 0 aromatic carbocycles. The van der Waals surface area contributed by atoms with Crippen LogP contribution in [0.2, 0.25) is 0 Å². The second kappa shape index (κ2) is 5.15. The van der Waals surface area contributed by atoms with Crippen molar-refractivity contribution >= 4 is 5.91 Å². The van der Waals surface area contributed by atoms with Crippen molar-refractivity contribution < 1.29 is 14.6 Å². The topological polar surface area (TPSA) is 75.8 Å². The van der Waals surface area contributed by atoms with Gasteiger partial charge in [-0.3, -0.25) is 4.79 Å². The maximum absolute atomic E-state index is 12.1. The van der Waals surface area contributed by atoms with Gasteiger partial charge in [0, 0.05) is 51.6 Å². The lowest BCUT2D eigenvalue weighted by molar-refractivity contribution is -0.138. The van der Waals surface area contributed by atoms with Gasteiger partial charge in [0.2, 0.25) is 5.91 Å². The summed E-state index contributed by atoms with van der Waals surface area (Å²) in [5.41, 5.74) is 5.00. The Morgan fingerprint density at radius 1 is 1.33 bits per heavy atom. The minimum Gasteiger partial charge on any atom is -0.388 e. The minimum atomic E-state index is -0.788. The van der Waals surface area contributed by atoms with Crippen LogP contribution in [0.15, 0.2) is 0 Å². The summed E-state index contributed by atoms with van der Waals surface area (Å²) >= 11 is 0. The van der Waals surface area contributed by atoms with Gasteiger partial charge in [-0.15, -0.1) is 0 Å². The molecule has 2 rings (SSSR count). The second-order valence-corrected chi connectivity index (χ2v) is 5.98. The number of aliphatic hydroxyl groups is 1. The summed E-state index contributed by atoms with van der Waals surface area (Å²) < 4.78 is 5.23. The van der Waals surface area contributed by atoms with E-state index < -0.39 is 5.60 Å². The van der Waals surface area contributed by atoms with Crippen molar-refractivity contribution in [3.8, 4) is 0 Å². The summed E-state index contributed by atoms with van der Waals surface area (Å²) in [5.74, 6) is 0.0390. The summed E-state index contributed by atoms with van der Waals surface area (Å²) in [4.78, 5) is 13.7. The molecule has 0 bridgehead atoms. The number of ether oxygens (including phenoxy) is 1. The number of carbonyl (C=O) groups is 1. The molecule has 104 valence electrons. The molecule has 1 saturated heterocycles. The van der Waals surface area contributed by atoms with Gasteiger partial charge in [0.15, 0.2) is 0 Å². The van der Waals surface area contributed by atoms with E-state index in [0.717, 1.165) is 19.3 Å². The normalized spacial score (nSPS) is 25.3. The van der Waals surface area contributed by atoms with Gasteiger partial charge in [-0.1, -0.05) is 0 Å². The zero-order valence-corrected chi connectivity index (χ0v) is 11.2. The number of likely N-dealkylation sites (N-methyl/N-ethyl adjacent to an activating group) is 1. The van der Waals surface area contributed by atoms with E-state index in [0.29, 0.717) is 39.0 Å². The zero-order valence-electron chi connectivity index (χ0n) is 11.2. The zero-order chi connectivity index (χ0) is 13.2. The van der Waals surface area contributed by atoms with Crippen LogP contribution in [0.4, 0.5) is 0 Å². The van der Waals surface area contributed by atoms with Gasteiger partial charge in [0.25, 0.3) is 0 Å². The smallest absolute Gasteiger partial charge is 0.224 e. The van der Waals surface area contributed by atoms with Gasteiger partial charge in [-0.05, 0) is 19.3 Å². The van der Waals surface area contributed by atoms with E-state index in [-0.39, 0.29) is 11.4 Å². The first-order valence-corrected chi connectivity index (χ1v) is 6.76. The Hall–Kier alpha value is -0.650. The number of amides is 1. The fraction of sp³-hybridized carbons (Fsp3) is 0.923. The monoisotopic (exact) mass is 256 g/mol. The van der Waals surface area contributed by atoms with Crippen LogP contribution < -0.4 is 5.73 Å². The first-order valence-electron chi connectivity index (χ1n) is 6.76. The minimum absolute atomic E-state index is 0.0390. The maximum Gasteiger partial charge on any atom is 0.224 e. The largest absolute Gasteiger partial charge is 0.388 e. The molecule has 0 aromatic heterocycles. The summed E-state index contributed by atoms with van der Waals surface area (Å²) in [5, 5.41) is 10.4. The standard InChI is InChI=1S/C13H24N2O3/c1-15(10-13(17)5-7-18-8-6-13)11(16)9-12(14)3-2-4-12/h17H,2-10,14H2,1H3. The van der Waals surface area contributed by atoms with Gasteiger partial charge in [0.05, 0.1) is 5.60 Å². The van der Waals surface area contributed by atoms with Gasteiger partial charge in [-0.2, -0.15) is 0 Å². The number of nitrogens with two attached hydrogens (primary N) is 1. The Morgan fingerprint density at radius 3 is 2.44 bits per heavy atom. The van der Waals surface area contributed by atoms with E-state index in [2.05, 4.69) is 0 Å². The molecular weight excluding hydrogens is 232 g/mol. The Bertz CT molecular complexity index is 309. The van der Waals surface area contributed by atoms with Crippen LogP contribution in [-0.4, -0.2) is 53.9 Å². The molecule has 0 aromatic rings. The molecule has 1 amide bonds. The second-order valence-electron chi connectivity index (χ2n) is 5.98. The highest BCUT2D eigenvalue weighted by Gasteiger charge is 2.37. The van der Waals surface area contributed by atoms with Crippen LogP contribution in [-0.2, 0) is 9.53 Å². The van der Waals surface area contributed by atoms with E-state index in [9.17, 15) is 9.90 Å². The lowest BCUT2D eigenvalue weighted by Crippen LogP contribution is -2.52. The first-order chi connectivity index (χ1) is 8.43. The summed E-state index contributed by atoms with van der Waals surface area (Å²) in [7, 11) is 1.75. The van der Waals surface area contributed by atoms with E-state index >= 15 is 0 Å². The van der Waals surface area contributed by atoms with Crippen LogP contribution in [0.25, 0.3) is 0 Å². The fourth-order valence-corrected chi connectivity index (χ4v) is 2.68. The SMILES string of the molecule is CN(CC1(O)CCOCC1)C(=O)CC1(N)CCC1. The summed E-state index contributed by atoms with van der Waals surface area (Å²) in [6.07, 6.45) is 4.58. The Kier molecular flexibility index (Phi) is 3.94. The van der Waals surface area contributed by atoms with Crippen molar-refractivity contribution in [1.29, 1.82) is 0 Å². The molecule has 0 atom stereocenters. The molecule has 0 unspecified atom stereocenters. The van der Waals surface area contributed by atoms with Crippen molar-refractivity contribution in [2.75, 3.05) is 26.8 Å². The van der Waals surface area contributed by atoms with Crippen LogP contribution in [0.5, 0.6) is 0 Å². The molecule has 5 nitrogen and oxygen atoms in total. The lowest BCUT2D eigenvalue weighted by atomic mass is 9.75. The van der Waals surface area contributed by atoms with Crippen molar-refractivity contribution in [3.05, 3.63) is 0 Å². The van der Waals surface area contributed by atoms with Crippen molar-refractivity contribution in [2.24, 2.45) is 5.73 Å². The molecule has 0 radical (unpaired) electrons. The van der Waals surface area contributed by atoms with Crippen LogP contribution in [0.3, 0.4) is 0 Å².